The predicted octanol–water partition coefficient (Wildman–Crippen LogP) is 2.60. The molecule has 1 fully saturated rings. The lowest BCUT2D eigenvalue weighted by Gasteiger charge is -2.27. The Morgan fingerprint density at radius 1 is 1.19 bits per heavy atom. The van der Waals surface area contributed by atoms with Crippen molar-refractivity contribution in [3.63, 3.8) is 0 Å². The molecule has 110 valence electrons. The van der Waals surface area contributed by atoms with Crippen molar-refractivity contribution in [1.29, 1.82) is 0 Å². The Bertz CT molecular complexity index is 571. The Morgan fingerprint density at radius 2 is 1.95 bits per heavy atom. The zero-order valence-corrected chi connectivity index (χ0v) is 12.9. The maximum Gasteiger partial charge on any atom is 0.134 e. The Hall–Kier alpha value is -1.82. The quantitative estimate of drug-likeness (QED) is 0.937. The van der Waals surface area contributed by atoms with Gasteiger partial charge in [0.1, 0.15) is 18.0 Å². The summed E-state index contributed by atoms with van der Waals surface area (Å²) in [5, 5.41) is 3.43. The van der Waals surface area contributed by atoms with Gasteiger partial charge in [-0.3, -0.25) is 4.98 Å². The van der Waals surface area contributed by atoms with E-state index in [1.54, 1.807) is 6.33 Å². The van der Waals surface area contributed by atoms with Gasteiger partial charge in [0.15, 0.2) is 0 Å². The van der Waals surface area contributed by atoms with Gasteiger partial charge in [0, 0.05) is 43.1 Å². The molecule has 5 nitrogen and oxygen atoms in total. The van der Waals surface area contributed by atoms with Crippen molar-refractivity contribution in [2.24, 2.45) is 0 Å². The van der Waals surface area contributed by atoms with E-state index in [0.717, 1.165) is 24.7 Å². The van der Waals surface area contributed by atoms with Gasteiger partial charge in [-0.25, -0.2) is 9.97 Å². The minimum Gasteiger partial charge on any atom is -0.363 e. The van der Waals surface area contributed by atoms with Crippen LogP contribution in [0.1, 0.15) is 18.5 Å². The molecule has 1 atom stereocenters. The Labute approximate surface area is 129 Å². The molecule has 0 spiro atoms. The van der Waals surface area contributed by atoms with Gasteiger partial charge in [0.25, 0.3) is 0 Å². The van der Waals surface area contributed by atoms with Crippen molar-refractivity contribution in [2.45, 2.75) is 13.0 Å². The zero-order valence-electron chi connectivity index (χ0n) is 12.1. The number of nitrogens with zero attached hydrogens (tertiary/aromatic N) is 4. The third-order valence-corrected chi connectivity index (χ3v) is 4.50. The highest BCUT2D eigenvalue weighted by Gasteiger charge is 2.13. The SMILES string of the molecule is C[C@H](Nc1cc(N2CCSCC2)ncn1)c1ccncc1. The Kier molecular flexibility index (Phi) is 4.55. The molecule has 2 aromatic heterocycles. The maximum absolute atomic E-state index is 4.40. The second-order valence-electron chi connectivity index (χ2n) is 5.01. The fourth-order valence-electron chi connectivity index (χ4n) is 2.35. The molecule has 1 saturated heterocycles. The van der Waals surface area contributed by atoms with Crippen LogP contribution in [0.25, 0.3) is 0 Å². The number of aromatic nitrogens is 3. The molecule has 1 N–H and O–H groups in total. The Balaban J connectivity index is 1.71. The minimum atomic E-state index is 0.188. The van der Waals surface area contributed by atoms with E-state index in [4.69, 9.17) is 0 Å². The molecule has 0 aromatic carbocycles. The zero-order chi connectivity index (χ0) is 14.5. The molecule has 0 saturated carbocycles. The molecular formula is C15H19N5S. The summed E-state index contributed by atoms with van der Waals surface area (Å²) < 4.78 is 0. The highest BCUT2D eigenvalue weighted by Crippen LogP contribution is 2.21. The maximum atomic E-state index is 4.40. The molecular weight excluding hydrogens is 282 g/mol. The van der Waals surface area contributed by atoms with E-state index in [9.17, 15) is 0 Å². The van der Waals surface area contributed by atoms with Crippen molar-refractivity contribution in [1.82, 2.24) is 15.0 Å². The lowest BCUT2D eigenvalue weighted by atomic mass is 10.1. The molecule has 3 rings (SSSR count). The normalized spacial score (nSPS) is 16.5. The smallest absolute Gasteiger partial charge is 0.134 e. The first-order valence-corrected chi connectivity index (χ1v) is 8.29. The van der Waals surface area contributed by atoms with E-state index >= 15 is 0 Å². The van der Waals surface area contributed by atoms with Crippen LogP contribution in [0.15, 0.2) is 36.9 Å². The van der Waals surface area contributed by atoms with E-state index < -0.39 is 0 Å². The lowest BCUT2D eigenvalue weighted by molar-refractivity contribution is 0.828. The van der Waals surface area contributed by atoms with Crippen LogP contribution in [0.4, 0.5) is 11.6 Å². The van der Waals surface area contributed by atoms with Crippen LogP contribution in [-0.4, -0.2) is 39.5 Å². The van der Waals surface area contributed by atoms with Gasteiger partial charge in [0.2, 0.25) is 0 Å². The van der Waals surface area contributed by atoms with E-state index in [0.29, 0.717) is 0 Å². The van der Waals surface area contributed by atoms with Gasteiger partial charge in [0.05, 0.1) is 6.04 Å². The molecule has 0 aliphatic carbocycles. The first kappa shape index (κ1) is 14.1. The average molecular weight is 301 g/mol. The first-order valence-electron chi connectivity index (χ1n) is 7.14. The second-order valence-corrected chi connectivity index (χ2v) is 6.23. The molecule has 2 aromatic rings. The fourth-order valence-corrected chi connectivity index (χ4v) is 3.25. The van der Waals surface area contributed by atoms with Crippen molar-refractivity contribution in [3.8, 4) is 0 Å². The number of hydrogen-bond donors (Lipinski definition) is 1. The van der Waals surface area contributed by atoms with E-state index in [2.05, 4.69) is 32.1 Å². The van der Waals surface area contributed by atoms with Gasteiger partial charge >= 0.3 is 0 Å². The third-order valence-electron chi connectivity index (χ3n) is 3.56. The number of thioether (sulfide) groups is 1. The molecule has 0 unspecified atom stereocenters. The summed E-state index contributed by atoms with van der Waals surface area (Å²) in [6, 6.07) is 6.25. The molecule has 3 heterocycles. The van der Waals surface area contributed by atoms with Crippen molar-refractivity contribution < 1.29 is 0 Å². The largest absolute Gasteiger partial charge is 0.363 e. The summed E-state index contributed by atoms with van der Waals surface area (Å²) in [4.78, 5) is 15.1. The van der Waals surface area contributed by atoms with Gasteiger partial charge in [-0.15, -0.1) is 0 Å². The van der Waals surface area contributed by atoms with Crippen LogP contribution in [0.5, 0.6) is 0 Å². The number of nitrogens with one attached hydrogen (secondary N) is 1. The summed E-state index contributed by atoms with van der Waals surface area (Å²) in [7, 11) is 0. The van der Waals surface area contributed by atoms with Crippen molar-refractivity contribution in [2.75, 3.05) is 34.8 Å². The summed E-state index contributed by atoms with van der Waals surface area (Å²) in [6.45, 7) is 4.23. The second kappa shape index (κ2) is 6.76. The highest BCUT2D eigenvalue weighted by molar-refractivity contribution is 7.99. The molecule has 0 amide bonds. The van der Waals surface area contributed by atoms with Gasteiger partial charge in [-0.05, 0) is 24.6 Å². The molecule has 0 radical (unpaired) electrons. The van der Waals surface area contributed by atoms with Gasteiger partial charge in [-0.1, -0.05) is 0 Å². The molecule has 1 aliphatic heterocycles. The molecule has 6 heteroatoms. The summed E-state index contributed by atoms with van der Waals surface area (Å²) in [5.74, 6) is 4.21. The molecule has 1 aliphatic rings. The van der Waals surface area contributed by atoms with Crippen LogP contribution >= 0.6 is 11.8 Å². The summed E-state index contributed by atoms with van der Waals surface area (Å²) in [5.41, 5.74) is 1.19. The first-order chi connectivity index (χ1) is 10.3. The fraction of sp³-hybridized carbons (Fsp3) is 0.400. The highest BCUT2D eigenvalue weighted by atomic mass is 32.2. The van der Waals surface area contributed by atoms with Crippen LogP contribution in [0, 0.1) is 0 Å². The van der Waals surface area contributed by atoms with E-state index in [1.165, 1.54) is 17.1 Å². The standard InChI is InChI=1S/C15H19N5S/c1-12(13-2-4-16-5-3-13)19-14-10-15(18-11-17-14)20-6-8-21-9-7-20/h2-5,10-12H,6-9H2,1H3,(H,17,18,19)/t12-/m0/s1. The average Bonchev–Trinajstić information content (AvgIpc) is 2.57. The molecule has 21 heavy (non-hydrogen) atoms. The minimum absolute atomic E-state index is 0.188. The third kappa shape index (κ3) is 3.64. The number of pyridine rings is 1. The lowest BCUT2D eigenvalue weighted by Crippen LogP contribution is -2.33. The summed E-state index contributed by atoms with van der Waals surface area (Å²) in [6.07, 6.45) is 5.26. The van der Waals surface area contributed by atoms with Crippen molar-refractivity contribution in [3.05, 3.63) is 42.5 Å². The number of anilines is 2. The van der Waals surface area contributed by atoms with Crippen LogP contribution in [0.2, 0.25) is 0 Å². The van der Waals surface area contributed by atoms with Gasteiger partial charge < -0.3 is 10.2 Å². The van der Waals surface area contributed by atoms with E-state index in [-0.39, 0.29) is 6.04 Å². The van der Waals surface area contributed by atoms with Crippen LogP contribution < -0.4 is 10.2 Å². The Morgan fingerprint density at radius 3 is 2.71 bits per heavy atom. The number of rotatable bonds is 4. The summed E-state index contributed by atoms with van der Waals surface area (Å²) >= 11 is 2.00. The monoisotopic (exact) mass is 301 g/mol. The van der Waals surface area contributed by atoms with Gasteiger partial charge in [-0.2, -0.15) is 11.8 Å². The number of hydrogen-bond acceptors (Lipinski definition) is 6. The topological polar surface area (TPSA) is 53.9 Å². The van der Waals surface area contributed by atoms with E-state index in [1.807, 2.05) is 42.4 Å². The van der Waals surface area contributed by atoms with Crippen molar-refractivity contribution >= 4 is 23.4 Å². The van der Waals surface area contributed by atoms with Crippen LogP contribution in [-0.2, 0) is 0 Å². The predicted molar refractivity (Wildman–Crippen MR) is 87.8 cm³/mol. The van der Waals surface area contributed by atoms with Crippen LogP contribution in [0.3, 0.4) is 0 Å². The molecule has 0 bridgehead atoms.